The van der Waals surface area contributed by atoms with Crippen LogP contribution in [0.1, 0.15) is 12.0 Å². The standard InChI is InChI=1S/C23H30N8O2/c1-17-5-3-6-18(13-17)28-22-21-19(26-16-27-22)14-25-23(29-21)24-7-4-8-30-9-11-31(12-10-30)15-20(32)33-2/h3,5-6,13-14,16H,4,7-12,15H2,1-2H3,(H,24,25,29)(H,26,27,28). The molecule has 1 aromatic carbocycles. The minimum absolute atomic E-state index is 0.175. The van der Waals surface area contributed by atoms with Crippen molar-refractivity contribution in [2.75, 3.05) is 63.6 Å². The Morgan fingerprint density at radius 1 is 1.12 bits per heavy atom. The molecule has 3 aromatic rings. The number of hydrogen-bond donors (Lipinski definition) is 2. The van der Waals surface area contributed by atoms with Gasteiger partial charge in [0.05, 0.1) is 19.9 Å². The normalized spacial score (nSPS) is 14.8. The zero-order valence-electron chi connectivity index (χ0n) is 19.1. The number of carbonyl (C=O) groups is 1. The predicted octanol–water partition coefficient (Wildman–Crippen LogP) is 2.06. The fourth-order valence-electron chi connectivity index (χ4n) is 3.81. The molecule has 0 bridgehead atoms. The topological polar surface area (TPSA) is 108 Å². The molecule has 0 amide bonds. The van der Waals surface area contributed by atoms with Gasteiger partial charge in [-0.25, -0.2) is 19.9 Å². The van der Waals surface area contributed by atoms with Crippen molar-refractivity contribution in [3.8, 4) is 0 Å². The average Bonchev–Trinajstić information content (AvgIpc) is 2.83. The van der Waals surface area contributed by atoms with E-state index in [1.807, 2.05) is 12.1 Å². The number of anilines is 3. The van der Waals surface area contributed by atoms with Crippen molar-refractivity contribution >= 4 is 34.5 Å². The second-order valence-corrected chi connectivity index (χ2v) is 8.12. The first kappa shape index (κ1) is 22.8. The Labute approximate surface area is 193 Å². The number of hydrogen-bond acceptors (Lipinski definition) is 10. The molecule has 1 aliphatic rings. The van der Waals surface area contributed by atoms with Gasteiger partial charge in [-0.15, -0.1) is 0 Å². The molecular weight excluding hydrogens is 420 g/mol. The maximum absolute atomic E-state index is 11.4. The third kappa shape index (κ3) is 6.33. The Morgan fingerprint density at radius 2 is 1.94 bits per heavy atom. The van der Waals surface area contributed by atoms with Crippen LogP contribution in [-0.2, 0) is 9.53 Å². The van der Waals surface area contributed by atoms with E-state index in [9.17, 15) is 4.79 Å². The van der Waals surface area contributed by atoms with Gasteiger partial charge in [-0.1, -0.05) is 12.1 Å². The van der Waals surface area contributed by atoms with Gasteiger partial charge in [-0.2, -0.15) is 0 Å². The lowest BCUT2D eigenvalue weighted by Gasteiger charge is -2.33. The lowest BCUT2D eigenvalue weighted by molar-refractivity contribution is -0.142. The third-order valence-corrected chi connectivity index (χ3v) is 5.64. The number of aromatic nitrogens is 4. The smallest absolute Gasteiger partial charge is 0.319 e. The van der Waals surface area contributed by atoms with Crippen LogP contribution in [-0.4, -0.2) is 88.6 Å². The molecule has 1 aliphatic heterocycles. The van der Waals surface area contributed by atoms with Crippen molar-refractivity contribution < 1.29 is 9.53 Å². The Morgan fingerprint density at radius 3 is 2.73 bits per heavy atom. The van der Waals surface area contributed by atoms with Crippen LogP contribution in [0.15, 0.2) is 36.8 Å². The van der Waals surface area contributed by atoms with Crippen LogP contribution >= 0.6 is 0 Å². The van der Waals surface area contributed by atoms with Crippen LogP contribution in [0.25, 0.3) is 11.0 Å². The molecule has 0 aliphatic carbocycles. The number of benzene rings is 1. The highest BCUT2D eigenvalue weighted by Crippen LogP contribution is 2.22. The molecule has 1 fully saturated rings. The number of carbonyl (C=O) groups excluding carboxylic acids is 1. The summed E-state index contributed by atoms with van der Waals surface area (Å²) < 4.78 is 4.74. The zero-order valence-corrected chi connectivity index (χ0v) is 19.1. The van der Waals surface area contributed by atoms with Gasteiger partial charge in [-0.05, 0) is 37.6 Å². The van der Waals surface area contributed by atoms with Crippen molar-refractivity contribution in [1.82, 2.24) is 29.7 Å². The van der Waals surface area contributed by atoms with Crippen molar-refractivity contribution in [2.45, 2.75) is 13.3 Å². The maximum Gasteiger partial charge on any atom is 0.319 e. The molecule has 33 heavy (non-hydrogen) atoms. The molecule has 174 valence electrons. The third-order valence-electron chi connectivity index (χ3n) is 5.64. The van der Waals surface area contributed by atoms with E-state index in [-0.39, 0.29) is 5.97 Å². The number of esters is 1. The lowest BCUT2D eigenvalue weighted by atomic mass is 10.2. The number of ether oxygens (including phenoxy) is 1. The molecule has 4 rings (SSSR count). The second-order valence-electron chi connectivity index (χ2n) is 8.12. The van der Waals surface area contributed by atoms with Crippen molar-refractivity contribution in [3.05, 3.63) is 42.4 Å². The highest BCUT2D eigenvalue weighted by Gasteiger charge is 2.18. The summed E-state index contributed by atoms with van der Waals surface area (Å²) in [4.78, 5) is 33.7. The molecule has 0 radical (unpaired) electrons. The first-order chi connectivity index (χ1) is 16.1. The van der Waals surface area contributed by atoms with Crippen LogP contribution in [0.5, 0.6) is 0 Å². The average molecular weight is 451 g/mol. The van der Waals surface area contributed by atoms with Crippen LogP contribution in [0.2, 0.25) is 0 Å². The van der Waals surface area contributed by atoms with E-state index in [4.69, 9.17) is 4.74 Å². The van der Waals surface area contributed by atoms with E-state index in [0.29, 0.717) is 29.3 Å². The van der Waals surface area contributed by atoms with Crippen LogP contribution in [0.3, 0.4) is 0 Å². The van der Waals surface area contributed by atoms with Gasteiger partial charge in [-0.3, -0.25) is 9.69 Å². The van der Waals surface area contributed by atoms with Crippen LogP contribution in [0.4, 0.5) is 17.5 Å². The predicted molar refractivity (Wildman–Crippen MR) is 128 cm³/mol. The summed E-state index contributed by atoms with van der Waals surface area (Å²) in [5.74, 6) is 1.04. The van der Waals surface area contributed by atoms with Gasteiger partial charge in [0.2, 0.25) is 5.95 Å². The Bertz CT molecular complexity index is 1080. The Kier molecular flexibility index (Phi) is 7.59. The summed E-state index contributed by atoms with van der Waals surface area (Å²) in [7, 11) is 1.43. The van der Waals surface area contributed by atoms with E-state index >= 15 is 0 Å². The number of aryl methyl sites for hydroxylation is 1. The molecule has 1 saturated heterocycles. The first-order valence-electron chi connectivity index (χ1n) is 11.2. The van der Waals surface area contributed by atoms with Gasteiger partial charge >= 0.3 is 5.97 Å². The lowest BCUT2D eigenvalue weighted by Crippen LogP contribution is -2.48. The maximum atomic E-state index is 11.4. The van der Waals surface area contributed by atoms with Crippen molar-refractivity contribution in [1.29, 1.82) is 0 Å². The monoisotopic (exact) mass is 450 g/mol. The van der Waals surface area contributed by atoms with E-state index in [1.54, 1.807) is 6.20 Å². The molecule has 0 saturated carbocycles. The first-order valence-corrected chi connectivity index (χ1v) is 11.2. The number of nitrogens with zero attached hydrogens (tertiary/aromatic N) is 6. The van der Waals surface area contributed by atoms with E-state index < -0.39 is 0 Å². The molecule has 10 nitrogen and oxygen atoms in total. The molecular formula is C23H30N8O2. The fraction of sp³-hybridized carbons (Fsp3) is 0.435. The van der Waals surface area contributed by atoms with Crippen LogP contribution in [0, 0.1) is 6.92 Å². The minimum atomic E-state index is -0.175. The summed E-state index contributed by atoms with van der Waals surface area (Å²) in [5.41, 5.74) is 3.49. The van der Waals surface area contributed by atoms with Crippen molar-refractivity contribution in [3.63, 3.8) is 0 Å². The number of rotatable bonds is 9. The molecule has 0 atom stereocenters. The molecule has 0 spiro atoms. The fourth-order valence-corrected chi connectivity index (χ4v) is 3.81. The number of nitrogens with one attached hydrogen (secondary N) is 2. The largest absolute Gasteiger partial charge is 0.468 e. The molecule has 0 unspecified atom stereocenters. The summed E-state index contributed by atoms with van der Waals surface area (Å²) in [6.45, 7) is 7.84. The van der Waals surface area contributed by atoms with Gasteiger partial charge in [0.15, 0.2) is 5.82 Å². The number of piperazine rings is 1. The molecule has 3 heterocycles. The van der Waals surface area contributed by atoms with Gasteiger partial charge in [0.25, 0.3) is 0 Å². The highest BCUT2D eigenvalue weighted by atomic mass is 16.5. The number of methoxy groups -OCH3 is 1. The second kappa shape index (κ2) is 11.0. The minimum Gasteiger partial charge on any atom is -0.468 e. The quantitative estimate of drug-likeness (QED) is 0.371. The van der Waals surface area contributed by atoms with Gasteiger partial charge < -0.3 is 20.3 Å². The molecule has 2 N–H and O–H groups in total. The molecule has 10 heteroatoms. The van der Waals surface area contributed by atoms with Crippen LogP contribution < -0.4 is 10.6 Å². The summed E-state index contributed by atoms with van der Waals surface area (Å²) in [6.07, 6.45) is 4.20. The van der Waals surface area contributed by atoms with E-state index in [0.717, 1.165) is 51.4 Å². The Hall–Kier alpha value is -3.37. The number of fused-ring (bicyclic) bond motifs is 1. The van der Waals surface area contributed by atoms with E-state index in [1.165, 1.54) is 19.0 Å². The summed E-state index contributed by atoms with van der Waals surface area (Å²) in [5, 5.41) is 6.65. The highest BCUT2D eigenvalue weighted by molar-refractivity contribution is 5.87. The van der Waals surface area contributed by atoms with E-state index in [2.05, 4.69) is 59.4 Å². The SMILES string of the molecule is COC(=O)CN1CCN(CCCNc2ncc3ncnc(Nc4cccc(C)c4)c3n2)CC1. The summed E-state index contributed by atoms with van der Waals surface area (Å²) >= 11 is 0. The van der Waals surface area contributed by atoms with Gasteiger partial charge in [0.1, 0.15) is 17.4 Å². The van der Waals surface area contributed by atoms with Gasteiger partial charge in [0, 0.05) is 38.4 Å². The molecule has 2 aromatic heterocycles. The zero-order chi connectivity index (χ0) is 23.0. The Balaban J connectivity index is 1.28. The summed E-state index contributed by atoms with van der Waals surface area (Å²) in [6, 6.07) is 8.11. The van der Waals surface area contributed by atoms with Crippen molar-refractivity contribution in [2.24, 2.45) is 0 Å².